The first kappa shape index (κ1) is 14.3. The zero-order chi connectivity index (χ0) is 12.7. The molecule has 96 valence electrons. The summed E-state index contributed by atoms with van der Waals surface area (Å²) in [5, 5.41) is 12.7. The molecule has 0 aromatic heterocycles. The minimum Gasteiger partial charge on any atom is -0.490 e. The molecule has 1 atom stereocenters. The summed E-state index contributed by atoms with van der Waals surface area (Å²) in [6.07, 6.45) is 1.11. The van der Waals surface area contributed by atoms with E-state index < -0.39 is 0 Å². The van der Waals surface area contributed by atoms with Crippen LogP contribution in [0.2, 0.25) is 5.02 Å². The third kappa shape index (κ3) is 4.54. The fraction of sp³-hybridized carbons (Fsp3) is 0.538. The van der Waals surface area contributed by atoms with E-state index in [0.717, 1.165) is 18.5 Å². The molecular weight excluding hydrogens is 238 g/mol. The Morgan fingerprint density at radius 3 is 2.82 bits per heavy atom. The lowest BCUT2D eigenvalue weighted by Gasteiger charge is -2.15. The van der Waals surface area contributed by atoms with Crippen molar-refractivity contribution in [2.45, 2.75) is 26.3 Å². The van der Waals surface area contributed by atoms with Gasteiger partial charge in [-0.15, -0.1) is 0 Å². The molecule has 0 aliphatic heterocycles. The molecule has 0 aliphatic carbocycles. The largest absolute Gasteiger partial charge is 0.490 e. The predicted molar refractivity (Wildman–Crippen MR) is 70.7 cm³/mol. The number of nitrogens with one attached hydrogen (secondary N) is 1. The molecule has 1 unspecified atom stereocenters. The van der Waals surface area contributed by atoms with Crippen molar-refractivity contribution in [1.82, 2.24) is 5.32 Å². The van der Waals surface area contributed by atoms with Gasteiger partial charge in [0.25, 0.3) is 0 Å². The molecule has 0 spiro atoms. The van der Waals surface area contributed by atoms with Gasteiger partial charge in [0, 0.05) is 6.04 Å². The molecule has 0 saturated carbocycles. The smallest absolute Gasteiger partial charge is 0.138 e. The van der Waals surface area contributed by atoms with Gasteiger partial charge in [-0.1, -0.05) is 24.6 Å². The summed E-state index contributed by atoms with van der Waals surface area (Å²) in [7, 11) is 0. The predicted octanol–water partition coefficient (Wildman–Crippen LogP) is 2.77. The molecule has 0 saturated heterocycles. The average molecular weight is 258 g/mol. The van der Waals surface area contributed by atoms with E-state index in [1.807, 2.05) is 18.2 Å². The molecule has 0 aliphatic rings. The van der Waals surface area contributed by atoms with E-state index in [2.05, 4.69) is 19.2 Å². The van der Waals surface area contributed by atoms with Crippen LogP contribution in [0.3, 0.4) is 0 Å². The van der Waals surface area contributed by atoms with Crippen molar-refractivity contribution in [2.24, 2.45) is 0 Å². The summed E-state index contributed by atoms with van der Waals surface area (Å²) in [6, 6.07) is 6.02. The molecule has 4 heteroatoms. The fourth-order valence-corrected chi connectivity index (χ4v) is 1.78. The second-order valence-electron chi connectivity index (χ2n) is 3.94. The Morgan fingerprint density at radius 2 is 2.24 bits per heavy atom. The van der Waals surface area contributed by atoms with Crippen LogP contribution < -0.4 is 10.1 Å². The SMILES string of the molecule is CCCNC(C)c1ccc(OCCO)c(Cl)c1. The highest BCUT2D eigenvalue weighted by atomic mass is 35.5. The van der Waals surface area contributed by atoms with Crippen molar-refractivity contribution in [1.29, 1.82) is 0 Å². The lowest BCUT2D eigenvalue weighted by atomic mass is 10.1. The first-order valence-corrected chi connectivity index (χ1v) is 6.33. The molecule has 0 fully saturated rings. The third-order valence-electron chi connectivity index (χ3n) is 2.51. The van der Waals surface area contributed by atoms with Gasteiger partial charge in [-0.2, -0.15) is 0 Å². The van der Waals surface area contributed by atoms with Gasteiger partial charge in [0.1, 0.15) is 12.4 Å². The third-order valence-corrected chi connectivity index (χ3v) is 2.80. The van der Waals surface area contributed by atoms with Gasteiger partial charge in [-0.25, -0.2) is 0 Å². The molecule has 1 aromatic rings. The molecule has 3 nitrogen and oxygen atoms in total. The maximum absolute atomic E-state index is 8.68. The molecule has 1 aromatic carbocycles. The summed E-state index contributed by atoms with van der Waals surface area (Å²) in [6.45, 7) is 5.49. The van der Waals surface area contributed by atoms with E-state index in [1.54, 1.807) is 0 Å². The van der Waals surface area contributed by atoms with Gasteiger partial charge in [-0.05, 0) is 37.6 Å². The minimum atomic E-state index is -0.00740. The van der Waals surface area contributed by atoms with Gasteiger partial charge < -0.3 is 15.2 Å². The minimum absolute atomic E-state index is 0.00740. The van der Waals surface area contributed by atoms with Crippen molar-refractivity contribution in [3.05, 3.63) is 28.8 Å². The highest BCUT2D eigenvalue weighted by molar-refractivity contribution is 6.32. The Hall–Kier alpha value is -0.770. The van der Waals surface area contributed by atoms with Crippen LogP contribution in [-0.4, -0.2) is 24.9 Å². The van der Waals surface area contributed by atoms with Crippen LogP contribution in [0.1, 0.15) is 31.9 Å². The molecule has 0 bridgehead atoms. The van der Waals surface area contributed by atoms with Crippen molar-refractivity contribution in [3.63, 3.8) is 0 Å². The van der Waals surface area contributed by atoms with Gasteiger partial charge in [0.05, 0.1) is 11.6 Å². The van der Waals surface area contributed by atoms with Crippen molar-refractivity contribution < 1.29 is 9.84 Å². The highest BCUT2D eigenvalue weighted by Gasteiger charge is 2.08. The lowest BCUT2D eigenvalue weighted by molar-refractivity contribution is 0.201. The number of ether oxygens (including phenoxy) is 1. The van der Waals surface area contributed by atoms with E-state index in [9.17, 15) is 0 Å². The summed E-state index contributed by atoms with van der Waals surface area (Å²) in [4.78, 5) is 0. The van der Waals surface area contributed by atoms with Crippen LogP contribution in [0.5, 0.6) is 5.75 Å². The maximum atomic E-state index is 8.68. The van der Waals surface area contributed by atoms with Gasteiger partial charge in [0.2, 0.25) is 0 Å². The summed E-state index contributed by atoms with van der Waals surface area (Å²) < 4.78 is 5.30. The Balaban J connectivity index is 2.67. The number of benzene rings is 1. The van der Waals surface area contributed by atoms with Crippen LogP contribution in [0.4, 0.5) is 0 Å². The Kier molecular flexibility index (Phi) is 6.34. The maximum Gasteiger partial charge on any atom is 0.138 e. The topological polar surface area (TPSA) is 41.5 Å². The van der Waals surface area contributed by atoms with Crippen LogP contribution in [0, 0.1) is 0 Å². The number of rotatable bonds is 7. The normalized spacial score (nSPS) is 12.5. The number of aliphatic hydroxyl groups excluding tert-OH is 1. The Morgan fingerprint density at radius 1 is 1.47 bits per heavy atom. The summed E-state index contributed by atoms with van der Waals surface area (Å²) in [5.41, 5.74) is 1.14. The highest BCUT2D eigenvalue weighted by Crippen LogP contribution is 2.27. The number of hydrogen-bond acceptors (Lipinski definition) is 3. The molecule has 17 heavy (non-hydrogen) atoms. The van der Waals surface area contributed by atoms with Crippen LogP contribution >= 0.6 is 11.6 Å². The Bertz CT molecular complexity index is 344. The second-order valence-corrected chi connectivity index (χ2v) is 4.34. The molecule has 0 amide bonds. The zero-order valence-corrected chi connectivity index (χ0v) is 11.1. The van der Waals surface area contributed by atoms with Gasteiger partial charge >= 0.3 is 0 Å². The molecule has 2 N–H and O–H groups in total. The van der Waals surface area contributed by atoms with E-state index in [1.165, 1.54) is 0 Å². The van der Waals surface area contributed by atoms with E-state index in [-0.39, 0.29) is 19.3 Å². The van der Waals surface area contributed by atoms with Crippen LogP contribution in [-0.2, 0) is 0 Å². The van der Waals surface area contributed by atoms with Gasteiger partial charge in [-0.3, -0.25) is 0 Å². The number of hydrogen-bond donors (Lipinski definition) is 2. The van der Waals surface area contributed by atoms with E-state index in [0.29, 0.717) is 10.8 Å². The average Bonchev–Trinajstić information content (AvgIpc) is 2.34. The lowest BCUT2D eigenvalue weighted by Crippen LogP contribution is -2.19. The van der Waals surface area contributed by atoms with Gasteiger partial charge in [0.15, 0.2) is 0 Å². The van der Waals surface area contributed by atoms with E-state index >= 15 is 0 Å². The molecule has 0 radical (unpaired) electrons. The first-order valence-electron chi connectivity index (χ1n) is 5.95. The van der Waals surface area contributed by atoms with E-state index in [4.69, 9.17) is 21.4 Å². The molecular formula is C13H20ClNO2. The van der Waals surface area contributed by atoms with Crippen molar-refractivity contribution in [3.8, 4) is 5.75 Å². The monoisotopic (exact) mass is 257 g/mol. The van der Waals surface area contributed by atoms with Crippen LogP contribution in [0.15, 0.2) is 18.2 Å². The number of aliphatic hydroxyl groups is 1. The standard InChI is InChI=1S/C13H20ClNO2/c1-3-6-15-10(2)11-4-5-13(12(14)9-11)17-8-7-16/h4-5,9-10,15-16H,3,6-8H2,1-2H3. The van der Waals surface area contributed by atoms with Crippen molar-refractivity contribution >= 4 is 11.6 Å². The zero-order valence-electron chi connectivity index (χ0n) is 10.4. The first-order chi connectivity index (χ1) is 8.19. The Labute approximate surface area is 108 Å². The summed E-state index contributed by atoms with van der Waals surface area (Å²) >= 11 is 6.11. The van der Waals surface area contributed by atoms with Crippen LogP contribution in [0.25, 0.3) is 0 Å². The van der Waals surface area contributed by atoms with Crippen molar-refractivity contribution in [2.75, 3.05) is 19.8 Å². The summed E-state index contributed by atoms with van der Waals surface area (Å²) in [5.74, 6) is 0.618. The molecule has 0 heterocycles. The fourth-order valence-electron chi connectivity index (χ4n) is 1.54. The molecule has 1 rings (SSSR count). The second kappa shape index (κ2) is 7.54. The quantitative estimate of drug-likeness (QED) is 0.789. The number of halogens is 1.